The Hall–Kier alpha value is -9.35. The van der Waals surface area contributed by atoms with Crippen LogP contribution >= 0.6 is 104 Å². The molecular weight excluding hydrogens is 1860 g/mol. The monoisotopic (exact) mass is 1960 g/mol. The molecule has 694 valence electrons. The molecule has 8 aromatic carbocycles. The van der Waals surface area contributed by atoms with Crippen LogP contribution in [0, 0.1) is 63.2 Å². The number of nitrogens with zero attached hydrogens (tertiary/aromatic N) is 1. The van der Waals surface area contributed by atoms with Crippen molar-refractivity contribution in [3.63, 3.8) is 0 Å². The van der Waals surface area contributed by atoms with Gasteiger partial charge >= 0.3 is 0 Å². The molecule has 27 heteroatoms. The molecule has 8 N–H and O–H groups in total. The molecule has 0 spiro atoms. The van der Waals surface area contributed by atoms with Gasteiger partial charge in [-0.25, -0.2) is 0 Å². The number of halogens is 8. The number of benzene rings is 8. The normalized spacial score (nSPS) is 27.6. The Balaban J connectivity index is 0.000000129. The lowest BCUT2D eigenvalue weighted by Gasteiger charge is -2.47. The SMILES string of the molecule is Cc1ccc([C@@H]2CC[C@@]3(NC(=O)C4CCOC4)C(=O)NC[C@H]3[C@H]2c2ccc(Cl)cc2)c(Cl)c1.Cc1ccc([C@@H]2CC[C@@]3(NC(=O)CCC(C)C)C(=O)NC[C@H]3[C@H]2c2ccc(Cl)cc2)c(Cl)c1.Cc1ccc([C@@H]2CC[C@@]3(NC(=O)c4ccccn4)C(=O)NC[C@H]3[C@H]2c2ccc(Cl)cc2)c(Cl)c1.Cc1ccc([C@@H]2CC[C@@]3(NC(=O)c4ccsc4)C(=O)NC[C@H]3[C@H]2c2ccc(Cl)cc2)c(Cl)c1. The van der Waals surface area contributed by atoms with Crippen LogP contribution in [0.1, 0.15) is 219 Å². The van der Waals surface area contributed by atoms with E-state index in [1.54, 1.807) is 30.5 Å². The van der Waals surface area contributed by atoms with Crippen molar-refractivity contribution < 1.29 is 43.1 Å². The van der Waals surface area contributed by atoms with E-state index in [1.807, 2.05) is 160 Å². The van der Waals surface area contributed by atoms with Gasteiger partial charge in [0, 0.05) is 115 Å². The number of aryl methyl sites for hydroxylation is 4. The molecule has 7 heterocycles. The van der Waals surface area contributed by atoms with Gasteiger partial charge in [0.05, 0.1) is 18.1 Å². The third-order valence-corrected chi connectivity index (χ3v) is 32.5. The lowest BCUT2D eigenvalue weighted by atomic mass is 9.60. The summed E-state index contributed by atoms with van der Waals surface area (Å²) >= 11 is 53.2. The molecule has 4 aliphatic carbocycles. The topological polar surface area (TPSA) is 255 Å². The molecule has 133 heavy (non-hydrogen) atoms. The quantitative estimate of drug-likeness (QED) is 0.0403. The molecule has 2 aromatic heterocycles. The standard InChI is InChI=1S/C27H25Cl2N3O2.C27H32Cl2N2O2.C26H28Cl2N2O3.C26H24Cl2N2O2S/c1-16-5-10-19(22(29)14-16)20-11-12-27(32-25(33)23-4-2-3-13-30-23)21(15-31-26(27)34)24(20)17-6-8-18(28)9-7-17;1-16(2)4-11-24(32)31-27-13-12-21(20-10-5-17(3)14-23(20)29)25(22(27)15-30-26(27)33)18-6-8-19(28)9-7-18;2*1-15-2-7-19(22(28)12-15)20-8-10-26(30-24(31)17-9-11-33-14-17)21(13-29-25(26)32)23(20)16-3-5-18(27)6-4-16/h2-10,13-14,20-21,24H,11-12,15H2,1H3,(H,31,34)(H,32,33);5-10,14,16,21-22,25H,4,11-13,15H2,1-3H3,(H,30,33)(H,31,32);2-7,12,17,20-21,23H,8-11,13-14H2,1H3,(H,29,32)(H,30,31);2-7,9,11-12,14,20-21,23H,8,10,13H2,1H3,(H,29,32)(H,30,31)/t20-,21-,24-,27-;21-,22-,25-,27-;17?,20-,21-,23-,26-;20-,21-,23-,26-/m0000/s1. The maximum absolute atomic E-state index is 13.3. The summed E-state index contributed by atoms with van der Waals surface area (Å²) in [7, 11) is 0. The van der Waals surface area contributed by atoms with E-state index in [4.69, 9.17) is 97.5 Å². The van der Waals surface area contributed by atoms with Gasteiger partial charge in [0.2, 0.25) is 35.4 Å². The first-order valence-corrected chi connectivity index (χ1v) is 49.8. The van der Waals surface area contributed by atoms with Gasteiger partial charge in [0.1, 0.15) is 27.8 Å². The summed E-state index contributed by atoms with van der Waals surface area (Å²) < 4.78 is 5.41. The van der Waals surface area contributed by atoms with Crippen LogP contribution in [0.5, 0.6) is 0 Å². The summed E-state index contributed by atoms with van der Waals surface area (Å²) in [5, 5.41) is 34.2. The lowest BCUT2D eigenvalue weighted by molar-refractivity contribution is -0.136. The summed E-state index contributed by atoms with van der Waals surface area (Å²) in [6, 6.07) is 63.0. The number of thiophene rings is 1. The van der Waals surface area contributed by atoms with E-state index in [-0.39, 0.29) is 124 Å². The van der Waals surface area contributed by atoms with Gasteiger partial charge in [-0.3, -0.25) is 43.3 Å². The summed E-state index contributed by atoms with van der Waals surface area (Å²) in [6.45, 7) is 15.3. The fraction of sp³-hybridized carbons (Fsp3) is 0.387. The zero-order chi connectivity index (χ0) is 94.0. The van der Waals surface area contributed by atoms with Crippen molar-refractivity contribution >= 4 is 151 Å². The van der Waals surface area contributed by atoms with Gasteiger partial charge in [-0.15, -0.1) is 0 Å². The van der Waals surface area contributed by atoms with Crippen LogP contribution < -0.4 is 42.5 Å². The number of hydrogen-bond acceptors (Lipinski definition) is 11. The molecule has 5 aliphatic heterocycles. The Morgan fingerprint density at radius 3 is 1.06 bits per heavy atom. The minimum Gasteiger partial charge on any atom is -0.381 e. The third-order valence-electron chi connectivity index (χ3n) is 29.5. The van der Waals surface area contributed by atoms with Crippen LogP contribution in [-0.2, 0) is 33.5 Å². The van der Waals surface area contributed by atoms with Crippen molar-refractivity contribution in [1.29, 1.82) is 0 Å². The van der Waals surface area contributed by atoms with Crippen LogP contribution in [0.4, 0.5) is 0 Å². The predicted octanol–water partition coefficient (Wildman–Crippen LogP) is 21.8. The molecule has 9 fully saturated rings. The highest BCUT2D eigenvalue weighted by Crippen LogP contribution is 2.60. The average molecular weight is 1970 g/mol. The maximum atomic E-state index is 13.3. The van der Waals surface area contributed by atoms with Gasteiger partial charge < -0.3 is 47.3 Å². The highest BCUT2D eigenvalue weighted by Gasteiger charge is 2.64. The van der Waals surface area contributed by atoms with Crippen molar-refractivity contribution in [2.24, 2.45) is 35.5 Å². The van der Waals surface area contributed by atoms with Gasteiger partial charge in [-0.2, -0.15) is 11.3 Å². The molecule has 9 aliphatic rings. The smallest absolute Gasteiger partial charge is 0.270 e. The summed E-state index contributed by atoms with van der Waals surface area (Å²) in [5.74, 6) is -0.925. The van der Waals surface area contributed by atoms with E-state index < -0.39 is 22.2 Å². The van der Waals surface area contributed by atoms with E-state index in [0.29, 0.717) is 122 Å². The summed E-state index contributed by atoms with van der Waals surface area (Å²) in [4.78, 5) is 109. The van der Waals surface area contributed by atoms with Gasteiger partial charge in [0.25, 0.3) is 11.8 Å². The lowest BCUT2D eigenvalue weighted by Crippen LogP contribution is -2.61. The number of rotatable bonds is 18. The number of hydrogen-bond donors (Lipinski definition) is 8. The molecule has 18 nitrogen and oxygen atoms in total. The first kappa shape index (κ1) is 96.8. The zero-order valence-corrected chi connectivity index (χ0v) is 81.7. The Morgan fingerprint density at radius 1 is 0.421 bits per heavy atom. The predicted molar refractivity (Wildman–Crippen MR) is 529 cm³/mol. The second-order valence-corrected chi connectivity index (χ2v) is 42.0. The molecule has 0 bridgehead atoms. The van der Waals surface area contributed by atoms with E-state index in [9.17, 15) is 38.4 Å². The second-order valence-electron chi connectivity index (χ2n) is 37.8. The second kappa shape index (κ2) is 41.3. The number of amides is 8. The van der Waals surface area contributed by atoms with Crippen molar-refractivity contribution in [1.82, 2.24) is 47.5 Å². The number of aromatic nitrogens is 1. The minimum absolute atomic E-state index is 0.00435. The number of ether oxygens (including phenoxy) is 1. The Labute approximate surface area is 821 Å². The van der Waals surface area contributed by atoms with Gasteiger partial charge in [-0.1, -0.05) is 210 Å². The number of pyridine rings is 1. The molecule has 17 atom stereocenters. The molecule has 5 saturated heterocycles. The fourth-order valence-corrected chi connectivity index (χ4v) is 25.6. The molecule has 0 radical (unpaired) electrons. The van der Waals surface area contributed by atoms with E-state index >= 15 is 0 Å². The van der Waals surface area contributed by atoms with E-state index in [1.165, 1.54) is 11.3 Å². The molecule has 4 saturated carbocycles. The van der Waals surface area contributed by atoms with E-state index in [2.05, 4.69) is 110 Å². The molecule has 8 amide bonds. The number of carbonyl (C=O) groups is 8. The van der Waals surface area contributed by atoms with Gasteiger partial charge in [-0.05, 0) is 308 Å². The Kier molecular flexibility index (Phi) is 30.0. The molecule has 1 unspecified atom stereocenters. The largest absolute Gasteiger partial charge is 0.381 e. The van der Waals surface area contributed by atoms with Crippen molar-refractivity contribution in [3.8, 4) is 0 Å². The first-order valence-electron chi connectivity index (χ1n) is 45.9. The van der Waals surface area contributed by atoms with Crippen LogP contribution in [0.25, 0.3) is 0 Å². The first-order chi connectivity index (χ1) is 63.9. The summed E-state index contributed by atoms with van der Waals surface area (Å²) in [6.07, 6.45) is 8.64. The number of nitrogens with one attached hydrogen (secondary N) is 8. The highest BCUT2D eigenvalue weighted by molar-refractivity contribution is 7.08. The molecule has 19 rings (SSSR count). The van der Waals surface area contributed by atoms with Crippen LogP contribution in [0.15, 0.2) is 211 Å². The van der Waals surface area contributed by atoms with Crippen molar-refractivity contribution in [2.45, 2.75) is 182 Å². The van der Waals surface area contributed by atoms with Crippen LogP contribution in [-0.4, -0.2) is 114 Å². The zero-order valence-electron chi connectivity index (χ0n) is 74.9. The van der Waals surface area contributed by atoms with Crippen molar-refractivity contribution in [3.05, 3.63) is 329 Å². The number of carbonyl (C=O) groups excluding carboxylic acids is 8. The van der Waals surface area contributed by atoms with Crippen LogP contribution in [0.3, 0.4) is 0 Å². The van der Waals surface area contributed by atoms with Crippen molar-refractivity contribution in [2.75, 3.05) is 39.4 Å². The third kappa shape index (κ3) is 20.2. The minimum atomic E-state index is -1.02. The molecule has 10 aromatic rings. The Morgan fingerprint density at radius 2 is 0.759 bits per heavy atom. The number of fused-ring (bicyclic) bond motifs is 4. The summed E-state index contributed by atoms with van der Waals surface area (Å²) in [5.41, 5.74) is 10.2. The maximum Gasteiger partial charge on any atom is 0.270 e. The van der Waals surface area contributed by atoms with Crippen LogP contribution in [0.2, 0.25) is 40.2 Å². The fourth-order valence-electron chi connectivity index (χ4n) is 22.9. The van der Waals surface area contributed by atoms with Gasteiger partial charge in [0.15, 0.2) is 0 Å². The average Bonchev–Trinajstić information content (AvgIpc) is 1.65. The highest BCUT2D eigenvalue weighted by atomic mass is 35.5. The Bertz CT molecular complexity index is 5980. The molecular formula is C106H109Cl8N9O9S. The van der Waals surface area contributed by atoms with E-state index in [0.717, 1.165) is 113 Å².